The van der Waals surface area contributed by atoms with Crippen LogP contribution in [0.5, 0.6) is 40.2 Å². The molecule has 6 aromatic carbocycles. The summed E-state index contributed by atoms with van der Waals surface area (Å²) < 4.78 is 39.6. The molecule has 0 saturated heterocycles. The lowest BCUT2D eigenvalue weighted by Crippen LogP contribution is -2.14. The zero-order valence-corrected chi connectivity index (χ0v) is 38.0. The number of aryl methyl sites for hydroxylation is 5. The molecule has 0 radical (unpaired) electrons. The van der Waals surface area contributed by atoms with Gasteiger partial charge in [0.2, 0.25) is 0 Å². The molecule has 5 aliphatic rings. The van der Waals surface area contributed by atoms with Crippen LogP contribution < -0.4 is 33.2 Å². The molecule has 11 heteroatoms. The molecule has 330 valence electrons. The SMILES string of the molecule is COc1ccc(C2=NC(c3cc4ccc3CCc3ccc(cc3-c3nc(-c5ccc(OC)c(OC)c5)c(-c5ccc(OC)c(OC)c5)[nH]3)CC4)N=C2c2ccc(OC)c(OC)c2)cc1C. The maximum Gasteiger partial charge on any atom is 0.166 e. The molecule has 4 bridgehead atoms. The van der Waals surface area contributed by atoms with Gasteiger partial charge in [0.25, 0.3) is 0 Å². The lowest BCUT2D eigenvalue weighted by molar-refractivity contribution is 0.355. The molecule has 0 saturated carbocycles. The Kier molecular flexibility index (Phi) is 12.0. The molecule has 1 aromatic heterocycles. The van der Waals surface area contributed by atoms with Gasteiger partial charge in [0.05, 0.1) is 72.6 Å². The fraction of sp³-hybridized carbons (Fsp3) is 0.241. The molecule has 0 spiro atoms. The van der Waals surface area contributed by atoms with Crippen molar-refractivity contribution in [2.24, 2.45) is 9.98 Å². The van der Waals surface area contributed by atoms with E-state index >= 15 is 0 Å². The first-order chi connectivity index (χ1) is 31.7. The van der Waals surface area contributed by atoms with E-state index in [9.17, 15) is 0 Å². The molecule has 12 rings (SSSR count). The molecule has 11 nitrogen and oxygen atoms in total. The Bertz CT molecular complexity index is 2910. The number of nitrogens with one attached hydrogen (secondary N) is 1. The van der Waals surface area contributed by atoms with E-state index in [4.69, 9.17) is 48.1 Å². The predicted octanol–water partition coefficient (Wildman–Crippen LogP) is 10.7. The van der Waals surface area contributed by atoms with Gasteiger partial charge >= 0.3 is 0 Å². The second-order valence-electron chi connectivity index (χ2n) is 16.1. The minimum Gasteiger partial charge on any atom is -0.496 e. The van der Waals surface area contributed by atoms with Crippen LogP contribution in [0.2, 0.25) is 0 Å². The number of benzene rings is 6. The zero-order chi connectivity index (χ0) is 45.2. The molecule has 2 heterocycles. The van der Waals surface area contributed by atoms with Crippen molar-refractivity contribution >= 4 is 11.4 Å². The van der Waals surface area contributed by atoms with Gasteiger partial charge in [-0.2, -0.15) is 0 Å². The Labute approximate surface area is 379 Å². The van der Waals surface area contributed by atoms with Crippen LogP contribution in [0.3, 0.4) is 0 Å². The summed E-state index contributed by atoms with van der Waals surface area (Å²) in [6, 6.07) is 37.5. The molecule has 1 aliphatic heterocycles. The summed E-state index contributed by atoms with van der Waals surface area (Å²) in [5.41, 5.74) is 14.8. The van der Waals surface area contributed by atoms with Crippen molar-refractivity contribution in [3.63, 3.8) is 0 Å². The number of aromatic nitrogens is 2. The number of hydrogen-bond acceptors (Lipinski definition) is 10. The lowest BCUT2D eigenvalue weighted by Gasteiger charge is -2.17. The summed E-state index contributed by atoms with van der Waals surface area (Å²) >= 11 is 0. The Balaban J connectivity index is 1.13. The van der Waals surface area contributed by atoms with E-state index < -0.39 is 6.17 Å². The average molecular weight is 869 g/mol. The number of methoxy groups -OCH3 is 7. The molecule has 1 atom stereocenters. The van der Waals surface area contributed by atoms with E-state index in [2.05, 4.69) is 53.5 Å². The number of nitrogens with zero attached hydrogens (tertiary/aromatic N) is 3. The van der Waals surface area contributed by atoms with Gasteiger partial charge in [-0.1, -0.05) is 30.3 Å². The molecule has 0 fully saturated rings. The molecular formula is C54H52N4O7. The van der Waals surface area contributed by atoms with Crippen molar-refractivity contribution in [2.75, 3.05) is 49.8 Å². The molecule has 1 N–H and O–H groups in total. The number of rotatable bonds is 13. The van der Waals surface area contributed by atoms with Crippen molar-refractivity contribution in [2.45, 2.75) is 38.8 Å². The van der Waals surface area contributed by atoms with Crippen molar-refractivity contribution in [1.82, 2.24) is 9.97 Å². The van der Waals surface area contributed by atoms with E-state index in [1.165, 1.54) is 22.3 Å². The first-order valence-electron chi connectivity index (χ1n) is 21.6. The Morgan fingerprint density at radius 1 is 0.446 bits per heavy atom. The van der Waals surface area contributed by atoms with Crippen molar-refractivity contribution in [1.29, 1.82) is 0 Å². The summed E-state index contributed by atoms with van der Waals surface area (Å²) in [4.78, 5) is 20.0. The van der Waals surface area contributed by atoms with E-state index in [0.29, 0.717) is 34.5 Å². The first-order valence-corrected chi connectivity index (χ1v) is 21.6. The lowest BCUT2D eigenvalue weighted by atomic mass is 9.90. The Morgan fingerprint density at radius 3 is 1.51 bits per heavy atom. The molecule has 65 heavy (non-hydrogen) atoms. The highest BCUT2D eigenvalue weighted by Gasteiger charge is 2.29. The molecule has 0 amide bonds. The number of aliphatic imine (C=N–C) groups is 2. The maximum atomic E-state index is 5.74. The largest absolute Gasteiger partial charge is 0.496 e. The number of ether oxygens (including phenoxy) is 7. The van der Waals surface area contributed by atoms with Crippen LogP contribution in [0.1, 0.15) is 50.7 Å². The van der Waals surface area contributed by atoms with Gasteiger partial charge in [0, 0.05) is 33.4 Å². The van der Waals surface area contributed by atoms with Gasteiger partial charge in [-0.25, -0.2) is 4.98 Å². The summed E-state index contributed by atoms with van der Waals surface area (Å²) in [6.45, 7) is 2.05. The summed E-state index contributed by atoms with van der Waals surface area (Å²) in [7, 11) is 11.5. The van der Waals surface area contributed by atoms with Crippen LogP contribution in [0.15, 0.2) is 119 Å². The molecular weight excluding hydrogens is 817 g/mol. The third kappa shape index (κ3) is 8.25. The van der Waals surface area contributed by atoms with Gasteiger partial charge in [-0.15, -0.1) is 0 Å². The highest BCUT2D eigenvalue weighted by atomic mass is 16.5. The van der Waals surface area contributed by atoms with E-state index in [1.807, 2.05) is 67.6 Å². The van der Waals surface area contributed by atoms with Gasteiger partial charge in [0.1, 0.15) is 11.6 Å². The van der Waals surface area contributed by atoms with Gasteiger partial charge in [-0.3, -0.25) is 9.98 Å². The minimum atomic E-state index is -0.452. The van der Waals surface area contributed by atoms with Gasteiger partial charge in [0.15, 0.2) is 40.7 Å². The van der Waals surface area contributed by atoms with Crippen LogP contribution in [0.4, 0.5) is 0 Å². The standard InChI is InChI=1S/C54H52N4O7/c1-31-25-36(17-21-42(31)59-2)49-50(37-18-22-43(60-3)46(28-37)63-6)56-53(55-49)40-26-32-9-10-33-12-14-35(16-15-34(40)13-11-32)41(27-33)54-57-51(38-19-23-44(61-4)47(29-38)64-7)52(58-54)39-20-24-45(62-5)48(30-39)65-8/h11-14,17-30,53H,9-10,15-16H2,1-8H3,(H,57,58). The van der Waals surface area contributed by atoms with Crippen LogP contribution in [0, 0.1) is 6.92 Å². The second-order valence-corrected chi connectivity index (χ2v) is 16.1. The predicted molar refractivity (Wildman–Crippen MR) is 255 cm³/mol. The topological polar surface area (TPSA) is 118 Å². The maximum absolute atomic E-state index is 5.74. The number of H-pyrrole nitrogens is 1. The van der Waals surface area contributed by atoms with Crippen molar-refractivity contribution in [3.8, 4) is 74.1 Å². The third-order valence-electron chi connectivity index (χ3n) is 12.4. The summed E-state index contributed by atoms with van der Waals surface area (Å²) in [5, 5.41) is 0. The summed E-state index contributed by atoms with van der Waals surface area (Å²) in [5.74, 6) is 5.39. The highest BCUT2D eigenvalue weighted by molar-refractivity contribution is 6.54. The second kappa shape index (κ2) is 18.3. The van der Waals surface area contributed by atoms with Gasteiger partial charge in [-0.05, 0) is 139 Å². The Hall–Kier alpha value is -7.53. The van der Waals surface area contributed by atoms with Crippen LogP contribution in [-0.2, 0) is 25.7 Å². The van der Waals surface area contributed by atoms with Crippen molar-refractivity contribution < 1.29 is 33.2 Å². The average Bonchev–Trinajstić information content (AvgIpc) is 4.00. The van der Waals surface area contributed by atoms with Crippen LogP contribution in [0.25, 0.3) is 33.9 Å². The molecule has 4 aliphatic carbocycles. The van der Waals surface area contributed by atoms with E-state index in [-0.39, 0.29) is 0 Å². The fourth-order valence-electron chi connectivity index (χ4n) is 8.90. The van der Waals surface area contributed by atoms with Crippen LogP contribution in [-0.4, -0.2) is 71.2 Å². The van der Waals surface area contributed by atoms with E-state index in [1.54, 1.807) is 49.8 Å². The zero-order valence-electron chi connectivity index (χ0n) is 38.0. The Morgan fingerprint density at radius 2 is 0.923 bits per heavy atom. The van der Waals surface area contributed by atoms with Crippen molar-refractivity contribution in [3.05, 3.63) is 154 Å². The van der Waals surface area contributed by atoms with Gasteiger partial charge < -0.3 is 38.1 Å². The smallest absolute Gasteiger partial charge is 0.166 e. The number of imidazole rings is 1. The van der Waals surface area contributed by atoms with Crippen LogP contribution >= 0.6 is 0 Å². The number of hydrogen-bond donors (Lipinski definition) is 1. The first kappa shape index (κ1) is 42.8. The third-order valence-corrected chi connectivity index (χ3v) is 12.4. The molecule has 7 aromatic rings. The summed E-state index contributed by atoms with van der Waals surface area (Å²) in [6.07, 6.45) is 2.74. The normalized spacial score (nSPS) is 14.2. The fourth-order valence-corrected chi connectivity index (χ4v) is 8.90. The molecule has 1 unspecified atom stereocenters. The van der Waals surface area contributed by atoms with E-state index in [0.717, 1.165) is 99.0 Å². The highest BCUT2D eigenvalue weighted by Crippen LogP contribution is 2.42. The monoisotopic (exact) mass is 868 g/mol. The quantitative estimate of drug-likeness (QED) is 0.122. The number of aromatic amines is 1. The minimum absolute atomic E-state index is 0.452.